The van der Waals surface area contributed by atoms with E-state index in [0.717, 1.165) is 16.8 Å². The van der Waals surface area contributed by atoms with E-state index in [0.29, 0.717) is 26.8 Å². The predicted octanol–water partition coefficient (Wildman–Crippen LogP) is 4.53. The fraction of sp³-hybridized carbons (Fsp3) is 0.143. The van der Waals surface area contributed by atoms with Crippen LogP contribution in [0, 0.1) is 12.7 Å². The van der Waals surface area contributed by atoms with Gasteiger partial charge in [-0.25, -0.2) is 4.39 Å². The molecular formula is C21H16Cl2FN7O2S2. The number of anilines is 1. The first-order chi connectivity index (χ1) is 16.8. The van der Waals surface area contributed by atoms with Crippen LogP contribution in [0.3, 0.4) is 0 Å². The van der Waals surface area contributed by atoms with Crippen molar-refractivity contribution >= 4 is 63.2 Å². The van der Waals surface area contributed by atoms with Gasteiger partial charge in [-0.1, -0.05) is 46.3 Å². The van der Waals surface area contributed by atoms with E-state index in [4.69, 9.17) is 23.2 Å². The van der Waals surface area contributed by atoms with Gasteiger partial charge in [-0.15, -0.1) is 20.4 Å². The van der Waals surface area contributed by atoms with Crippen LogP contribution in [0.2, 0.25) is 10.0 Å². The Morgan fingerprint density at radius 1 is 1.09 bits per heavy atom. The van der Waals surface area contributed by atoms with Crippen LogP contribution in [0.25, 0.3) is 5.69 Å². The normalized spacial score (nSPS) is 10.9. The molecule has 9 nitrogen and oxygen atoms in total. The van der Waals surface area contributed by atoms with Crippen molar-refractivity contribution in [3.63, 3.8) is 0 Å². The van der Waals surface area contributed by atoms with Gasteiger partial charge in [0.2, 0.25) is 11.0 Å². The highest BCUT2D eigenvalue weighted by Gasteiger charge is 2.18. The monoisotopic (exact) mass is 551 g/mol. The summed E-state index contributed by atoms with van der Waals surface area (Å²) in [5.41, 5.74) is 0.815. The number of hydrogen-bond acceptors (Lipinski definition) is 8. The van der Waals surface area contributed by atoms with Crippen molar-refractivity contribution in [1.82, 2.24) is 30.3 Å². The SMILES string of the molecule is Cc1nnc(NC(=O)CSc2nnc(CNC(=O)c3ccc(Cl)cc3Cl)n2-c2ccc(F)cc2)s1. The van der Waals surface area contributed by atoms with Gasteiger partial charge in [0.1, 0.15) is 10.8 Å². The molecule has 0 aliphatic heterocycles. The second-order valence-electron chi connectivity index (χ2n) is 6.98. The van der Waals surface area contributed by atoms with Crippen molar-refractivity contribution in [2.75, 3.05) is 11.1 Å². The minimum Gasteiger partial charge on any atom is -0.345 e. The molecule has 0 bridgehead atoms. The summed E-state index contributed by atoms with van der Waals surface area (Å²) in [4.78, 5) is 25.0. The Morgan fingerprint density at radius 2 is 1.86 bits per heavy atom. The molecule has 0 saturated heterocycles. The molecule has 14 heteroatoms. The highest BCUT2D eigenvalue weighted by Crippen LogP contribution is 2.24. The van der Waals surface area contributed by atoms with Crippen LogP contribution in [-0.2, 0) is 11.3 Å². The Labute approximate surface area is 217 Å². The molecule has 0 saturated carbocycles. The lowest BCUT2D eigenvalue weighted by Crippen LogP contribution is -2.25. The molecule has 2 aromatic carbocycles. The van der Waals surface area contributed by atoms with E-state index >= 15 is 0 Å². The number of nitrogens with one attached hydrogen (secondary N) is 2. The highest BCUT2D eigenvalue weighted by molar-refractivity contribution is 7.99. The second-order valence-corrected chi connectivity index (χ2v) is 9.95. The molecular weight excluding hydrogens is 536 g/mol. The van der Waals surface area contributed by atoms with Crippen molar-refractivity contribution < 1.29 is 14.0 Å². The molecule has 35 heavy (non-hydrogen) atoms. The van der Waals surface area contributed by atoms with E-state index in [1.807, 2.05) is 0 Å². The first-order valence-corrected chi connectivity index (χ1v) is 12.5. The number of carbonyl (C=O) groups is 2. The number of halogens is 3. The van der Waals surface area contributed by atoms with Gasteiger partial charge in [0.05, 0.1) is 22.9 Å². The first-order valence-electron chi connectivity index (χ1n) is 9.96. The molecule has 2 amide bonds. The number of carbonyl (C=O) groups excluding carboxylic acids is 2. The number of benzene rings is 2. The maximum atomic E-state index is 13.5. The van der Waals surface area contributed by atoms with E-state index in [1.54, 1.807) is 29.7 Å². The van der Waals surface area contributed by atoms with E-state index in [1.165, 1.54) is 35.6 Å². The molecule has 0 radical (unpaired) electrons. The van der Waals surface area contributed by atoms with Crippen LogP contribution in [-0.4, -0.2) is 42.5 Å². The molecule has 2 N–H and O–H groups in total. The van der Waals surface area contributed by atoms with Crippen LogP contribution in [0.15, 0.2) is 47.6 Å². The molecule has 0 unspecified atom stereocenters. The third-order valence-corrected chi connectivity index (χ3v) is 6.70. The zero-order valence-electron chi connectivity index (χ0n) is 18.0. The molecule has 0 aliphatic carbocycles. The van der Waals surface area contributed by atoms with E-state index in [-0.39, 0.29) is 28.8 Å². The molecule has 0 spiro atoms. The third-order valence-electron chi connectivity index (χ3n) is 4.47. The van der Waals surface area contributed by atoms with Gasteiger partial charge in [-0.3, -0.25) is 19.5 Å². The molecule has 2 aromatic heterocycles. The first kappa shape index (κ1) is 25.0. The van der Waals surface area contributed by atoms with Gasteiger partial charge in [0, 0.05) is 10.7 Å². The lowest BCUT2D eigenvalue weighted by atomic mass is 10.2. The fourth-order valence-electron chi connectivity index (χ4n) is 2.92. The lowest BCUT2D eigenvalue weighted by Gasteiger charge is -2.11. The minimum atomic E-state index is -0.429. The summed E-state index contributed by atoms with van der Waals surface area (Å²) in [5, 5.41) is 23.6. The summed E-state index contributed by atoms with van der Waals surface area (Å²) in [6.45, 7) is 1.79. The number of thioether (sulfide) groups is 1. The molecule has 4 rings (SSSR count). The zero-order chi connectivity index (χ0) is 24.9. The third kappa shape index (κ3) is 6.34. The number of nitrogens with zero attached hydrogens (tertiary/aromatic N) is 5. The fourth-order valence-corrected chi connectivity index (χ4v) is 4.79. The van der Waals surface area contributed by atoms with Crippen LogP contribution in [0.1, 0.15) is 21.2 Å². The number of hydrogen-bond donors (Lipinski definition) is 2. The topological polar surface area (TPSA) is 115 Å². The van der Waals surface area contributed by atoms with Gasteiger partial charge in [-0.05, 0) is 49.4 Å². The van der Waals surface area contributed by atoms with Crippen molar-refractivity contribution in [3.05, 3.63) is 74.7 Å². The Kier molecular flexibility index (Phi) is 7.96. The molecule has 0 fully saturated rings. The Hall–Kier alpha value is -3.06. The maximum Gasteiger partial charge on any atom is 0.253 e. The van der Waals surface area contributed by atoms with Crippen molar-refractivity contribution in [2.24, 2.45) is 0 Å². The van der Waals surface area contributed by atoms with Gasteiger partial charge < -0.3 is 5.32 Å². The number of amides is 2. The number of aryl methyl sites for hydroxylation is 1. The smallest absolute Gasteiger partial charge is 0.253 e. The Bertz CT molecular complexity index is 1380. The summed E-state index contributed by atoms with van der Waals surface area (Å²) in [5.74, 6) is -0.744. The molecule has 4 aromatic rings. The number of rotatable bonds is 8. The summed E-state index contributed by atoms with van der Waals surface area (Å²) in [6, 6.07) is 10.2. The second kappa shape index (κ2) is 11.1. The Morgan fingerprint density at radius 3 is 2.54 bits per heavy atom. The standard InChI is InChI=1S/C21H16Cl2FN7O2S2/c1-11-27-29-20(35-11)26-18(32)10-34-21-30-28-17(31(21)14-5-3-13(24)4-6-14)9-25-19(33)15-7-2-12(22)8-16(15)23/h2-8H,9-10H2,1H3,(H,25,33)(H,26,29,32). The van der Waals surface area contributed by atoms with Crippen LogP contribution < -0.4 is 10.6 Å². The Balaban J connectivity index is 1.51. The summed E-state index contributed by atoms with van der Waals surface area (Å²) >= 11 is 14.4. The van der Waals surface area contributed by atoms with E-state index < -0.39 is 11.7 Å². The average Bonchev–Trinajstić information content (AvgIpc) is 3.42. The largest absolute Gasteiger partial charge is 0.345 e. The molecule has 0 aliphatic rings. The molecule has 2 heterocycles. The van der Waals surface area contributed by atoms with Gasteiger partial charge >= 0.3 is 0 Å². The number of aromatic nitrogens is 5. The zero-order valence-corrected chi connectivity index (χ0v) is 21.1. The summed E-state index contributed by atoms with van der Waals surface area (Å²) in [6.07, 6.45) is 0. The van der Waals surface area contributed by atoms with E-state index in [2.05, 4.69) is 31.0 Å². The van der Waals surface area contributed by atoms with E-state index in [9.17, 15) is 14.0 Å². The van der Waals surface area contributed by atoms with Crippen molar-refractivity contribution in [1.29, 1.82) is 0 Å². The van der Waals surface area contributed by atoms with Gasteiger partial charge in [0.15, 0.2) is 11.0 Å². The average molecular weight is 552 g/mol. The predicted molar refractivity (Wildman–Crippen MR) is 133 cm³/mol. The van der Waals surface area contributed by atoms with Crippen LogP contribution >= 0.6 is 46.3 Å². The van der Waals surface area contributed by atoms with Gasteiger partial charge in [-0.2, -0.15) is 0 Å². The van der Waals surface area contributed by atoms with Crippen LogP contribution in [0.5, 0.6) is 0 Å². The van der Waals surface area contributed by atoms with Gasteiger partial charge in [0.25, 0.3) is 5.91 Å². The molecule has 0 atom stereocenters. The maximum absolute atomic E-state index is 13.5. The summed E-state index contributed by atoms with van der Waals surface area (Å²) < 4.78 is 15.1. The van der Waals surface area contributed by atoms with Crippen molar-refractivity contribution in [3.8, 4) is 5.69 Å². The molecule has 180 valence electrons. The lowest BCUT2D eigenvalue weighted by molar-refractivity contribution is -0.113. The summed E-state index contributed by atoms with van der Waals surface area (Å²) in [7, 11) is 0. The van der Waals surface area contributed by atoms with Crippen LogP contribution in [0.4, 0.5) is 9.52 Å². The highest BCUT2D eigenvalue weighted by atomic mass is 35.5. The quantitative estimate of drug-likeness (QED) is 0.309. The minimum absolute atomic E-state index is 0.00101. The van der Waals surface area contributed by atoms with Crippen molar-refractivity contribution in [2.45, 2.75) is 18.6 Å².